The number of carbonyl (C=O) groups excluding carboxylic acids is 1. The van der Waals surface area contributed by atoms with Crippen LogP contribution in [0.4, 0.5) is 0 Å². The number of hydrogen-bond donors (Lipinski definition) is 3. The summed E-state index contributed by atoms with van der Waals surface area (Å²) in [4.78, 5) is 15.7. The lowest BCUT2D eigenvalue weighted by molar-refractivity contribution is -0.123. The molecular formula is C16H25IN4O2. The summed E-state index contributed by atoms with van der Waals surface area (Å²) >= 11 is 0. The first-order valence-electron chi connectivity index (χ1n) is 7.64. The second-order valence-electron chi connectivity index (χ2n) is 5.58. The molecular weight excluding hydrogens is 407 g/mol. The number of nitrogens with two attached hydrogens (primary N) is 1. The predicted octanol–water partition coefficient (Wildman–Crippen LogP) is 1.80. The molecule has 7 heteroatoms. The van der Waals surface area contributed by atoms with Crippen LogP contribution < -0.4 is 21.1 Å². The molecule has 0 bridgehead atoms. The van der Waals surface area contributed by atoms with E-state index >= 15 is 0 Å². The van der Waals surface area contributed by atoms with Gasteiger partial charge < -0.3 is 21.1 Å². The normalized spacial score (nSPS) is 16.8. The third-order valence-corrected chi connectivity index (χ3v) is 3.50. The van der Waals surface area contributed by atoms with Gasteiger partial charge in [0.15, 0.2) is 5.96 Å². The highest BCUT2D eigenvalue weighted by atomic mass is 127. The number of nitrogens with one attached hydrogen (secondary N) is 2. The van der Waals surface area contributed by atoms with E-state index in [1.165, 1.54) is 0 Å². The molecule has 1 aromatic carbocycles. The Balaban J connectivity index is 0.00000264. The maximum Gasteiger partial charge on any atom is 0.222 e. The summed E-state index contributed by atoms with van der Waals surface area (Å²) in [7, 11) is 0. The number of para-hydroxylation sites is 1. The highest BCUT2D eigenvalue weighted by Gasteiger charge is 2.21. The molecule has 1 aliphatic rings. The largest absolute Gasteiger partial charge is 0.493 e. The van der Waals surface area contributed by atoms with Crippen molar-refractivity contribution in [3.8, 4) is 5.75 Å². The highest BCUT2D eigenvalue weighted by Crippen LogP contribution is 2.31. The van der Waals surface area contributed by atoms with Crippen molar-refractivity contribution in [1.82, 2.24) is 10.6 Å². The van der Waals surface area contributed by atoms with Crippen LogP contribution >= 0.6 is 24.0 Å². The van der Waals surface area contributed by atoms with Crippen LogP contribution in [0.15, 0.2) is 29.3 Å². The fourth-order valence-corrected chi connectivity index (χ4v) is 2.28. The molecule has 0 radical (unpaired) electrons. The minimum atomic E-state index is -0.0156. The molecule has 1 heterocycles. The van der Waals surface area contributed by atoms with Gasteiger partial charge in [0, 0.05) is 24.4 Å². The third kappa shape index (κ3) is 5.89. The van der Waals surface area contributed by atoms with Crippen molar-refractivity contribution in [3.05, 3.63) is 29.8 Å². The molecule has 6 nitrogen and oxygen atoms in total. The molecule has 128 valence electrons. The van der Waals surface area contributed by atoms with Crippen molar-refractivity contribution in [1.29, 1.82) is 0 Å². The Morgan fingerprint density at radius 1 is 1.43 bits per heavy atom. The van der Waals surface area contributed by atoms with Crippen LogP contribution in [0.1, 0.15) is 31.9 Å². The highest BCUT2D eigenvalue weighted by molar-refractivity contribution is 14.0. The fourth-order valence-electron chi connectivity index (χ4n) is 2.28. The van der Waals surface area contributed by atoms with Crippen LogP contribution in [0.3, 0.4) is 0 Å². The average Bonchev–Trinajstić information content (AvgIpc) is 2.51. The second kappa shape index (κ2) is 9.59. The minimum absolute atomic E-state index is 0. The average molecular weight is 432 g/mol. The van der Waals surface area contributed by atoms with Gasteiger partial charge >= 0.3 is 0 Å². The van der Waals surface area contributed by atoms with E-state index in [4.69, 9.17) is 10.5 Å². The van der Waals surface area contributed by atoms with E-state index in [-0.39, 0.29) is 41.8 Å². The number of aliphatic imine (C=N–C) groups is 1. The molecule has 4 N–H and O–H groups in total. The number of halogens is 1. The molecule has 0 aliphatic carbocycles. The number of carbonyl (C=O) groups is 1. The molecule has 1 atom stereocenters. The molecule has 1 unspecified atom stereocenters. The van der Waals surface area contributed by atoms with Gasteiger partial charge in [-0.2, -0.15) is 0 Å². The van der Waals surface area contributed by atoms with Crippen LogP contribution in [0, 0.1) is 5.92 Å². The number of fused-ring (bicyclic) bond motifs is 1. The van der Waals surface area contributed by atoms with E-state index in [2.05, 4.69) is 15.6 Å². The smallest absolute Gasteiger partial charge is 0.222 e. The number of hydrogen-bond acceptors (Lipinski definition) is 3. The van der Waals surface area contributed by atoms with Crippen LogP contribution in [0.2, 0.25) is 0 Å². The number of guanidine groups is 1. The minimum Gasteiger partial charge on any atom is -0.493 e. The molecule has 23 heavy (non-hydrogen) atoms. The summed E-state index contributed by atoms with van der Waals surface area (Å²) in [6.07, 6.45) is 0.845. The summed E-state index contributed by atoms with van der Waals surface area (Å²) in [5.74, 6) is 1.29. The van der Waals surface area contributed by atoms with Gasteiger partial charge in [0.1, 0.15) is 5.75 Å². The fraction of sp³-hybridized carbons (Fsp3) is 0.500. The van der Waals surface area contributed by atoms with Crippen molar-refractivity contribution in [2.75, 3.05) is 19.7 Å². The second-order valence-corrected chi connectivity index (χ2v) is 5.58. The summed E-state index contributed by atoms with van der Waals surface area (Å²) in [5.41, 5.74) is 7.02. The lowest BCUT2D eigenvalue weighted by Gasteiger charge is -2.26. The molecule has 0 saturated carbocycles. The molecule has 1 amide bonds. The van der Waals surface area contributed by atoms with E-state index in [9.17, 15) is 4.79 Å². The number of amides is 1. The SMILES string of the molecule is CC(C)C(=O)NCCN=C(N)NC1CCOc2ccccc21.I. The standard InChI is InChI=1S/C16H24N4O2.HI/c1-11(2)15(21)18-8-9-19-16(17)20-13-7-10-22-14-6-4-3-5-12(13)14;/h3-6,11,13H,7-10H2,1-2H3,(H,18,21)(H3,17,19,20);1H. The van der Waals surface area contributed by atoms with Gasteiger partial charge in [0.25, 0.3) is 0 Å². The first kappa shape index (κ1) is 19.5. The molecule has 0 aromatic heterocycles. The molecule has 0 saturated heterocycles. The molecule has 1 aromatic rings. The topological polar surface area (TPSA) is 88.7 Å². The van der Waals surface area contributed by atoms with Crippen LogP contribution in [0.25, 0.3) is 0 Å². The van der Waals surface area contributed by atoms with E-state index in [1.807, 2.05) is 38.1 Å². The third-order valence-electron chi connectivity index (χ3n) is 3.50. The lowest BCUT2D eigenvalue weighted by atomic mass is 10.0. The van der Waals surface area contributed by atoms with Crippen molar-refractivity contribution in [2.45, 2.75) is 26.3 Å². The first-order valence-corrected chi connectivity index (χ1v) is 7.64. The zero-order valence-corrected chi connectivity index (χ0v) is 15.9. The Bertz CT molecular complexity index is 549. The van der Waals surface area contributed by atoms with Gasteiger partial charge in [-0.15, -0.1) is 24.0 Å². The lowest BCUT2D eigenvalue weighted by Crippen LogP contribution is -2.38. The number of benzene rings is 1. The Hall–Kier alpha value is -1.51. The van der Waals surface area contributed by atoms with Crippen molar-refractivity contribution in [2.24, 2.45) is 16.6 Å². The predicted molar refractivity (Wildman–Crippen MR) is 102 cm³/mol. The van der Waals surface area contributed by atoms with Gasteiger partial charge in [0.05, 0.1) is 19.2 Å². The van der Waals surface area contributed by atoms with Crippen LogP contribution in [0.5, 0.6) is 5.75 Å². The molecule has 0 spiro atoms. The van der Waals surface area contributed by atoms with Gasteiger partial charge in [-0.3, -0.25) is 9.79 Å². The van der Waals surface area contributed by atoms with E-state index < -0.39 is 0 Å². The van der Waals surface area contributed by atoms with E-state index in [1.54, 1.807) is 0 Å². The summed E-state index contributed by atoms with van der Waals surface area (Å²) in [6, 6.07) is 8.03. The first-order chi connectivity index (χ1) is 10.6. The summed E-state index contributed by atoms with van der Waals surface area (Å²) in [6.45, 7) is 5.33. The summed E-state index contributed by atoms with van der Waals surface area (Å²) < 4.78 is 5.61. The Kier molecular flexibility index (Phi) is 8.15. The number of nitrogens with zero attached hydrogens (tertiary/aromatic N) is 1. The Labute approximate surface area is 154 Å². The van der Waals surface area contributed by atoms with Gasteiger partial charge in [-0.05, 0) is 6.07 Å². The zero-order valence-electron chi connectivity index (χ0n) is 13.5. The van der Waals surface area contributed by atoms with Gasteiger partial charge in [-0.1, -0.05) is 32.0 Å². The van der Waals surface area contributed by atoms with E-state index in [0.717, 1.165) is 17.7 Å². The number of rotatable bonds is 5. The quantitative estimate of drug-likeness (QED) is 0.287. The summed E-state index contributed by atoms with van der Waals surface area (Å²) in [5, 5.41) is 6.03. The van der Waals surface area contributed by atoms with E-state index in [0.29, 0.717) is 25.7 Å². The Morgan fingerprint density at radius 3 is 2.91 bits per heavy atom. The number of ether oxygens (including phenoxy) is 1. The molecule has 0 fully saturated rings. The van der Waals surface area contributed by atoms with Gasteiger partial charge in [0.2, 0.25) is 5.91 Å². The Morgan fingerprint density at radius 2 is 2.17 bits per heavy atom. The maximum absolute atomic E-state index is 11.4. The van der Waals surface area contributed by atoms with Crippen LogP contribution in [-0.4, -0.2) is 31.6 Å². The van der Waals surface area contributed by atoms with Gasteiger partial charge in [-0.25, -0.2) is 0 Å². The van der Waals surface area contributed by atoms with Crippen LogP contribution in [-0.2, 0) is 4.79 Å². The van der Waals surface area contributed by atoms with Crippen molar-refractivity contribution >= 4 is 35.8 Å². The molecule has 1 aliphatic heterocycles. The zero-order chi connectivity index (χ0) is 15.9. The van der Waals surface area contributed by atoms with Crippen molar-refractivity contribution in [3.63, 3.8) is 0 Å². The molecule has 2 rings (SSSR count). The maximum atomic E-state index is 11.4. The van der Waals surface area contributed by atoms with Crippen molar-refractivity contribution < 1.29 is 9.53 Å². The monoisotopic (exact) mass is 432 g/mol.